The number of esters is 1. The third-order valence-electron chi connectivity index (χ3n) is 2.06. The maximum Gasteiger partial charge on any atom is 0.417 e. The van der Waals surface area contributed by atoms with Gasteiger partial charge in [0.05, 0.1) is 6.10 Å². The molecule has 1 fully saturated rings. The van der Waals surface area contributed by atoms with Crippen LogP contribution in [0.25, 0.3) is 0 Å². The van der Waals surface area contributed by atoms with Crippen LogP contribution in [0.4, 0.5) is 13.2 Å². The Kier molecular flexibility index (Phi) is 3.76. The average molecular weight is 244 g/mol. The molecule has 0 aromatic carbocycles. The summed E-state index contributed by atoms with van der Waals surface area (Å²) in [6, 6.07) is 0. The molecular weight excluding hydrogens is 233 g/mol. The van der Waals surface area contributed by atoms with Crippen molar-refractivity contribution in [2.24, 2.45) is 0 Å². The Morgan fingerprint density at radius 1 is 1.44 bits per heavy atom. The molecule has 1 saturated heterocycles. The molecule has 2 N–H and O–H groups in total. The van der Waals surface area contributed by atoms with Crippen LogP contribution in [0.15, 0.2) is 0 Å². The fourth-order valence-corrected chi connectivity index (χ4v) is 1.37. The highest BCUT2D eigenvalue weighted by Crippen LogP contribution is 2.32. The van der Waals surface area contributed by atoms with Gasteiger partial charge in [0.1, 0.15) is 6.10 Å². The maximum atomic E-state index is 12.3. The zero-order valence-corrected chi connectivity index (χ0v) is 8.27. The number of carbonyl (C=O) groups excluding carboxylic acids is 1. The Bertz CT molecular complexity index is 267. The third-order valence-corrected chi connectivity index (χ3v) is 2.06. The SMILES string of the molecule is CC(=O)OC1CC(O)C(O)C(C(F)(F)F)O1. The van der Waals surface area contributed by atoms with E-state index in [4.69, 9.17) is 5.11 Å². The molecule has 8 heteroatoms. The Hall–Kier alpha value is -0.860. The molecule has 4 unspecified atom stereocenters. The predicted octanol–water partition coefficient (Wildman–Crippen LogP) is -0.0514. The predicted molar refractivity (Wildman–Crippen MR) is 43.1 cm³/mol. The molecule has 0 spiro atoms. The highest BCUT2D eigenvalue weighted by molar-refractivity contribution is 5.66. The molecule has 94 valence electrons. The summed E-state index contributed by atoms with van der Waals surface area (Å²) in [6.45, 7) is 1.00. The highest BCUT2D eigenvalue weighted by Gasteiger charge is 2.52. The number of halogens is 3. The van der Waals surface area contributed by atoms with E-state index >= 15 is 0 Å². The molecule has 1 aliphatic heterocycles. The van der Waals surface area contributed by atoms with Crippen molar-refractivity contribution in [3.8, 4) is 0 Å². The topological polar surface area (TPSA) is 76.0 Å². The highest BCUT2D eigenvalue weighted by atomic mass is 19.4. The number of rotatable bonds is 1. The quantitative estimate of drug-likeness (QED) is 0.632. The largest absolute Gasteiger partial charge is 0.436 e. The van der Waals surface area contributed by atoms with Crippen LogP contribution in [0.2, 0.25) is 0 Å². The fourth-order valence-electron chi connectivity index (χ4n) is 1.37. The lowest BCUT2D eigenvalue weighted by molar-refractivity contribution is -0.322. The number of hydrogen-bond acceptors (Lipinski definition) is 5. The van der Waals surface area contributed by atoms with Crippen molar-refractivity contribution >= 4 is 5.97 Å². The van der Waals surface area contributed by atoms with Gasteiger partial charge in [0, 0.05) is 13.3 Å². The second-order valence-corrected chi connectivity index (χ2v) is 3.43. The molecule has 1 heterocycles. The Morgan fingerprint density at radius 3 is 2.44 bits per heavy atom. The summed E-state index contributed by atoms with van der Waals surface area (Å²) in [7, 11) is 0. The van der Waals surface area contributed by atoms with Crippen LogP contribution in [0.5, 0.6) is 0 Å². The van der Waals surface area contributed by atoms with Gasteiger partial charge in [-0.2, -0.15) is 13.2 Å². The van der Waals surface area contributed by atoms with Crippen molar-refractivity contribution in [3.05, 3.63) is 0 Å². The molecule has 1 aliphatic rings. The average Bonchev–Trinajstić information content (AvgIpc) is 2.08. The van der Waals surface area contributed by atoms with Gasteiger partial charge >= 0.3 is 12.1 Å². The normalized spacial score (nSPS) is 35.9. The van der Waals surface area contributed by atoms with Gasteiger partial charge < -0.3 is 19.7 Å². The first-order valence-electron chi connectivity index (χ1n) is 4.47. The van der Waals surface area contributed by atoms with Gasteiger partial charge in [0.25, 0.3) is 0 Å². The van der Waals surface area contributed by atoms with Gasteiger partial charge in [-0.25, -0.2) is 0 Å². The minimum Gasteiger partial charge on any atom is -0.436 e. The number of aliphatic hydroxyl groups excluding tert-OH is 2. The number of carbonyl (C=O) groups is 1. The van der Waals surface area contributed by atoms with Gasteiger partial charge in [-0.3, -0.25) is 4.79 Å². The smallest absolute Gasteiger partial charge is 0.417 e. The van der Waals surface area contributed by atoms with E-state index in [1.807, 2.05) is 0 Å². The maximum absolute atomic E-state index is 12.3. The van der Waals surface area contributed by atoms with E-state index in [-0.39, 0.29) is 0 Å². The summed E-state index contributed by atoms with van der Waals surface area (Å²) in [5.74, 6) is -0.825. The number of aliphatic hydroxyl groups is 2. The molecule has 0 aromatic rings. The summed E-state index contributed by atoms with van der Waals surface area (Å²) in [5.41, 5.74) is 0. The number of alkyl halides is 3. The van der Waals surface area contributed by atoms with Crippen LogP contribution in [-0.4, -0.2) is 47.0 Å². The van der Waals surface area contributed by atoms with E-state index in [9.17, 15) is 23.1 Å². The van der Waals surface area contributed by atoms with Crippen LogP contribution in [-0.2, 0) is 14.3 Å². The molecule has 1 rings (SSSR count). The first kappa shape index (κ1) is 13.2. The molecule has 16 heavy (non-hydrogen) atoms. The first-order valence-corrected chi connectivity index (χ1v) is 4.47. The Labute approximate surface area is 88.8 Å². The van der Waals surface area contributed by atoms with E-state index in [0.29, 0.717) is 0 Å². The van der Waals surface area contributed by atoms with E-state index in [0.717, 1.165) is 6.92 Å². The van der Waals surface area contributed by atoms with Crippen molar-refractivity contribution in [1.82, 2.24) is 0 Å². The third kappa shape index (κ3) is 3.06. The molecule has 0 bridgehead atoms. The van der Waals surface area contributed by atoms with Crippen LogP contribution in [0.1, 0.15) is 13.3 Å². The second-order valence-electron chi connectivity index (χ2n) is 3.43. The summed E-state index contributed by atoms with van der Waals surface area (Å²) < 4.78 is 45.8. The van der Waals surface area contributed by atoms with Gasteiger partial charge in [0.2, 0.25) is 6.29 Å². The van der Waals surface area contributed by atoms with Crippen LogP contribution < -0.4 is 0 Å². The summed E-state index contributed by atoms with van der Waals surface area (Å²) in [5, 5.41) is 18.3. The minimum atomic E-state index is -4.83. The van der Waals surface area contributed by atoms with E-state index in [1.165, 1.54) is 0 Å². The van der Waals surface area contributed by atoms with E-state index < -0.39 is 43.2 Å². The lowest BCUT2D eigenvalue weighted by Gasteiger charge is -2.37. The van der Waals surface area contributed by atoms with Gasteiger partial charge in [0.15, 0.2) is 6.10 Å². The zero-order chi connectivity index (χ0) is 12.5. The fraction of sp³-hybridized carbons (Fsp3) is 0.875. The molecule has 0 radical (unpaired) electrons. The molecule has 0 amide bonds. The lowest BCUT2D eigenvalue weighted by atomic mass is 10.0. The Morgan fingerprint density at radius 2 is 2.00 bits per heavy atom. The monoisotopic (exact) mass is 244 g/mol. The van der Waals surface area contributed by atoms with Crippen LogP contribution in [0.3, 0.4) is 0 Å². The summed E-state index contributed by atoms with van der Waals surface area (Å²) in [6.07, 6.45) is -13.0. The summed E-state index contributed by atoms with van der Waals surface area (Å²) >= 11 is 0. The molecule has 4 atom stereocenters. The van der Waals surface area contributed by atoms with E-state index in [2.05, 4.69) is 9.47 Å². The van der Waals surface area contributed by atoms with Crippen molar-refractivity contribution in [1.29, 1.82) is 0 Å². The van der Waals surface area contributed by atoms with Crippen LogP contribution in [0, 0.1) is 0 Å². The van der Waals surface area contributed by atoms with Gasteiger partial charge in [-0.15, -0.1) is 0 Å². The molecule has 5 nitrogen and oxygen atoms in total. The van der Waals surface area contributed by atoms with Crippen molar-refractivity contribution in [3.63, 3.8) is 0 Å². The van der Waals surface area contributed by atoms with Crippen molar-refractivity contribution < 1.29 is 37.7 Å². The standard InChI is InChI=1S/C8H11F3O5/c1-3(12)15-5-2-4(13)6(14)7(16-5)8(9,10)11/h4-7,13-14H,2H2,1H3. The van der Waals surface area contributed by atoms with Gasteiger partial charge in [-0.05, 0) is 0 Å². The number of hydrogen-bond donors (Lipinski definition) is 2. The zero-order valence-electron chi connectivity index (χ0n) is 8.27. The number of ether oxygens (including phenoxy) is 2. The van der Waals surface area contributed by atoms with Crippen molar-refractivity contribution in [2.45, 2.75) is 44.1 Å². The second kappa shape index (κ2) is 4.56. The van der Waals surface area contributed by atoms with E-state index in [1.54, 1.807) is 0 Å². The van der Waals surface area contributed by atoms with Crippen LogP contribution >= 0.6 is 0 Å². The minimum absolute atomic E-state index is 0.396. The molecule has 0 saturated carbocycles. The van der Waals surface area contributed by atoms with Gasteiger partial charge in [-0.1, -0.05) is 0 Å². The molecule has 0 aliphatic carbocycles. The molecular formula is C8H11F3O5. The summed E-state index contributed by atoms with van der Waals surface area (Å²) in [4.78, 5) is 10.5. The van der Waals surface area contributed by atoms with Crippen molar-refractivity contribution in [2.75, 3.05) is 0 Å². The first-order chi connectivity index (χ1) is 7.21. The lowest BCUT2D eigenvalue weighted by Crippen LogP contribution is -2.55. The Balaban J connectivity index is 2.73. The molecule has 0 aromatic heterocycles.